The molecule has 7 heteroatoms. The molecule has 2 aliphatic rings. The minimum absolute atomic E-state index is 0.0673. The zero-order valence-electron chi connectivity index (χ0n) is 20.1. The molecule has 2 saturated heterocycles. The van der Waals surface area contributed by atoms with E-state index in [9.17, 15) is 4.39 Å². The number of nitrogens with zero attached hydrogens (tertiary/aromatic N) is 3. The zero-order chi connectivity index (χ0) is 23.3. The van der Waals surface area contributed by atoms with Crippen LogP contribution in [0.4, 0.5) is 4.39 Å². The van der Waals surface area contributed by atoms with Crippen molar-refractivity contribution in [2.75, 3.05) is 33.2 Å². The second-order valence-electron chi connectivity index (χ2n) is 7.92. The quantitative estimate of drug-likeness (QED) is 0.357. The van der Waals surface area contributed by atoms with Crippen molar-refractivity contribution in [2.24, 2.45) is 10.9 Å². The summed E-state index contributed by atoms with van der Waals surface area (Å²) in [5.41, 5.74) is 7.21. The molecule has 0 amide bonds. The lowest BCUT2D eigenvalue weighted by Gasteiger charge is -2.22. The van der Waals surface area contributed by atoms with Crippen LogP contribution in [0, 0.1) is 5.82 Å². The van der Waals surface area contributed by atoms with E-state index in [0.29, 0.717) is 17.7 Å². The number of allylic oxidation sites excluding steroid dienone is 3. The van der Waals surface area contributed by atoms with Gasteiger partial charge in [-0.25, -0.2) is 4.39 Å². The third-order valence-electron chi connectivity index (χ3n) is 5.55. The number of hydrogen-bond acceptors (Lipinski definition) is 5. The van der Waals surface area contributed by atoms with Crippen LogP contribution in [0.15, 0.2) is 47.4 Å². The predicted octanol–water partition coefficient (Wildman–Crippen LogP) is 4.19. The number of nitrogens with two attached hydrogens (primary N) is 1. The van der Waals surface area contributed by atoms with Crippen molar-refractivity contribution in [1.29, 1.82) is 0 Å². The average molecular weight is 446 g/mol. The van der Waals surface area contributed by atoms with Gasteiger partial charge in [0.05, 0.1) is 0 Å². The summed E-state index contributed by atoms with van der Waals surface area (Å²) in [6.45, 7) is 10.3. The maximum absolute atomic E-state index is 14.8. The molecule has 2 fully saturated rings. The molecule has 3 N–H and O–H groups in total. The molecule has 0 unspecified atom stereocenters. The molecule has 0 spiro atoms. The van der Waals surface area contributed by atoms with E-state index in [1.807, 2.05) is 19.9 Å². The minimum atomic E-state index is -0.275. The Morgan fingerprint density at radius 1 is 1.28 bits per heavy atom. The number of oxime groups is 1. The summed E-state index contributed by atoms with van der Waals surface area (Å²) in [7, 11) is 2.07. The summed E-state index contributed by atoms with van der Waals surface area (Å²) in [6.07, 6.45) is 10.4. The van der Waals surface area contributed by atoms with Crippen LogP contribution < -0.4 is 11.1 Å². The lowest BCUT2D eigenvalue weighted by Crippen LogP contribution is -2.32. The predicted molar refractivity (Wildman–Crippen MR) is 131 cm³/mol. The van der Waals surface area contributed by atoms with E-state index in [0.717, 1.165) is 57.7 Å². The Bertz CT molecular complexity index is 787. The smallest absolute Gasteiger partial charge is 0.170 e. The number of benzene rings is 1. The lowest BCUT2D eigenvalue weighted by atomic mass is 10.1. The molecular formula is C25H40FN5O. The first-order valence-corrected chi connectivity index (χ1v) is 11.9. The Morgan fingerprint density at radius 2 is 2.03 bits per heavy atom. The molecule has 0 bridgehead atoms. The second-order valence-corrected chi connectivity index (χ2v) is 7.92. The third-order valence-corrected chi connectivity index (χ3v) is 5.55. The van der Waals surface area contributed by atoms with Crippen molar-refractivity contribution in [3.8, 4) is 0 Å². The van der Waals surface area contributed by atoms with Crippen molar-refractivity contribution in [3.63, 3.8) is 0 Å². The number of rotatable bonds is 8. The van der Waals surface area contributed by atoms with Gasteiger partial charge in [-0.2, -0.15) is 0 Å². The first-order chi connectivity index (χ1) is 15.6. The van der Waals surface area contributed by atoms with Gasteiger partial charge in [-0.3, -0.25) is 0 Å². The molecule has 2 aliphatic heterocycles. The Labute approximate surface area is 193 Å². The van der Waals surface area contributed by atoms with Crippen molar-refractivity contribution in [2.45, 2.75) is 59.1 Å². The summed E-state index contributed by atoms with van der Waals surface area (Å²) in [6, 6.07) is 5.05. The Kier molecular flexibility index (Phi) is 11.1. The molecule has 3 rings (SSSR count). The highest BCUT2D eigenvalue weighted by molar-refractivity contribution is 5.97. The van der Waals surface area contributed by atoms with Gasteiger partial charge in [0.15, 0.2) is 5.84 Å². The molecule has 0 atom stereocenters. The highest BCUT2D eigenvalue weighted by Crippen LogP contribution is 2.22. The van der Waals surface area contributed by atoms with Crippen LogP contribution in [0.1, 0.15) is 57.6 Å². The first-order valence-electron chi connectivity index (χ1n) is 11.9. The van der Waals surface area contributed by atoms with Gasteiger partial charge in [0, 0.05) is 37.8 Å². The molecule has 178 valence electrons. The van der Waals surface area contributed by atoms with E-state index in [4.69, 9.17) is 10.6 Å². The lowest BCUT2D eigenvalue weighted by molar-refractivity contribution is 0.0375. The summed E-state index contributed by atoms with van der Waals surface area (Å²) in [5.74, 6) is 1.05. The Balaban J connectivity index is 0.00000176. The maximum atomic E-state index is 14.8. The summed E-state index contributed by atoms with van der Waals surface area (Å²) >= 11 is 0. The second kappa shape index (κ2) is 13.8. The molecule has 32 heavy (non-hydrogen) atoms. The summed E-state index contributed by atoms with van der Waals surface area (Å²) < 4.78 is 14.8. The van der Waals surface area contributed by atoms with Crippen LogP contribution >= 0.6 is 0 Å². The van der Waals surface area contributed by atoms with Crippen molar-refractivity contribution < 1.29 is 9.23 Å². The van der Waals surface area contributed by atoms with Crippen LogP contribution in [-0.4, -0.2) is 55.0 Å². The highest BCUT2D eigenvalue weighted by Gasteiger charge is 2.22. The van der Waals surface area contributed by atoms with E-state index in [1.54, 1.807) is 6.07 Å². The largest absolute Gasteiger partial charge is 0.391 e. The van der Waals surface area contributed by atoms with Crippen molar-refractivity contribution >= 4 is 5.84 Å². The van der Waals surface area contributed by atoms with Gasteiger partial charge < -0.3 is 25.7 Å². The van der Waals surface area contributed by atoms with E-state index < -0.39 is 0 Å². The van der Waals surface area contributed by atoms with Gasteiger partial charge in [0.2, 0.25) is 0 Å². The normalized spacial score (nSPS) is 18.9. The first kappa shape index (κ1) is 25.7. The van der Waals surface area contributed by atoms with E-state index in [-0.39, 0.29) is 17.8 Å². The number of amidine groups is 1. The summed E-state index contributed by atoms with van der Waals surface area (Å²) in [5, 5.41) is 7.30. The number of hydrogen-bond donors (Lipinski definition) is 2. The Hall–Kier alpha value is -2.54. The van der Waals surface area contributed by atoms with Crippen LogP contribution in [0.3, 0.4) is 0 Å². The topological polar surface area (TPSA) is 66.1 Å². The molecule has 0 radical (unpaired) electrons. The average Bonchev–Trinajstić information content (AvgIpc) is 3.17. The van der Waals surface area contributed by atoms with Crippen LogP contribution in [0.25, 0.3) is 0 Å². The maximum Gasteiger partial charge on any atom is 0.170 e. The molecule has 1 aromatic carbocycles. The molecule has 6 nitrogen and oxygen atoms in total. The number of nitrogens with one attached hydrogen (secondary N) is 1. The fraction of sp³-hybridized carbons (Fsp3) is 0.560. The zero-order valence-corrected chi connectivity index (χ0v) is 20.1. The Morgan fingerprint density at radius 3 is 2.72 bits per heavy atom. The molecule has 0 aromatic heterocycles. The van der Waals surface area contributed by atoms with Crippen LogP contribution in [0.2, 0.25) is 0 Å². The summed E-state index contributed by atoms with van der Waals surface area (Å²) in [4.78, 5) is 9.93. The van der Waals surface area contributed by atoms with Crippen LogP contribution in [0.5, 0.6) is 0 Å². The molecule has 0 aliphatic carbocycles. The van der Waals surface area contributed by atoms with Crippen LogP contribution in [-0.2, 0) is 11.4 Å². The fourth-order valence-electron chi connectivity index (χ4n) is 3.68. The van der Waals surface area contributed by atoms with Gasteiger partial charge >= 0.3 is 0 Å². The molecule has 0 saturated carbocycles. The number of likely N-dealkylation sites (N-methyl/N-ethyl adjacent to an activating group) is 1. The van der Waals surface area contributed by atoms with Gasteiger partial charge in [-0.15, -0.1) is 0 Å². The molecular weight excluding hydrogens is 405 g/mol. The van der Waals surface area contributed by atoms with E-state index in [1.165, 1.54) is 6.07 Å². The van der Waals surface area contributed by atoms with Gasteiger partial charge in [0.25, 0.3) is 0 Å². The van der Waals surface area contributed by atoms with Crippen molar-refractivity contribution in [3.05, 3.63) is 59.2 Å². The minimum Gasteiger partial charge on any atom is -0.391 e. The SMILES string of the molecule is CC.CCC/C=C\C=C1/N(C)CCN1Cc1ccc(/C(N)=N\OC2CCNCC2)cc1F. The fourth-order valence-corrected chi connectivity index (χ4v) is 3.68. The third kappa shape index (κ3) is 7.55. The van der Waals surface area contributed by atoms with E-state index >= 15 is 0 Å². The van der Waals surface area contributed by atoms with E-state index in [2.05, 4.69) is 52.5 Å². The number of piperidine rings is 1. The number of halogens is 1. The number of unbranched alkanes of at least 4 members (excludes halogenated alkanes) is 1. The van der Waals surface area contributed by atoms with Gasteiger partial charge in [-0.05, 0) is 44.5 Å². The van der Waals surface area contributed by atoms with Crippen molar-refractivity contribution in [1.82, 2.24) is 15.1 Å². The highest BCUT2D eigenvalue weighted by atomic mass is 19.1. The standard InChI is InChI=1S/C23H34FN5O.C2H6/c1-3-4-5-6-7-22-28(2)14-15-29(22)17-19-9-8-18(16-21(19)24)23(25)27-30-20-10-12-26-13-11-20;1-2/h5-9,16,20,26H,3-4,10-15,17H2,1-2H3,(H2,25,27);1-2H3/b6-5-,22-7+;. The molecule has 2 heterocycles. The monoisotopic (exact) mass is 445 g/mol. The van der Waals surface area contributed by atoms with Gasteiger partial charge in [-0.1, -0.05) is 56.6 Å². The molecule has 1 aromatic rings. The van der Waals surface area contributed by atoms with Gasteiger partial charge in [0.1, 0.15) is 17.7 Å².